The van der Waals surface area contributed by atoms with E-state index in [1.165, 1.54) is 36.4 Å². The predicted molar refractivity (Wildman–Crippen MR) is 94.0 cm³/mol. The summed E-state index contributed by atoms with van der Waals surface area (Å²) in [7, 11) is -4.08. The van der Waals surface area contributed by atoms with Crippen LogP contribution in [0.5, 0.6) is 11.5 Å². The molecule has 136 valence electrons. The molecule has 1 aliphatic rings. The van der Waals surface area contributed by atoms with Gasteiger partial charge in [0, 0.05) is 0 Å². The summed E-state index contributed by atoms with van der Waals surface area (Å²) in [4.78, 5) is 34.5. The van der Waals surface area contributed by atoms with E-state index in [1.54, 1.807) is 13.8 Å². The zero-order valence-electron chi connectivity index (χ0n) is 14.2. The Bertz CT molecular complexity index is 864. The lowest BCUT2D eigenvalue weighted by Gasteiger charge is -2.25. The number of hydrogen-bond acceptors (Lipinski definition) is 6. The minimum absolute atomic E-state index is 0.0171. The van der Waals surface area contributed by atoms with Crippen molar-refractivity contribution in [3.8, 4) is 11.5 Å². The summed E-state index contributed by atoms with van der Waals surface area (Å²) in [6, 6.07) is 8.41. The Morgan fingerprint density at radius 3 is 1.73 bits per heavy atom. The van der Waals surface area contributed by atoms with Crippen LogP contribution in [0.1, 0.15) is 34.6 Å². The van der Waals surface area contributed by atoms with Crippen molar-refractivity contribution in [3.63, 3.8) is 0 Å². The highest BCUT2D eigenvalue weighted by Gasteiger charge is 2.37. The molecule has 1 N–H and O–H groups in total. The maximum Gasteiger partial charge on any atom is 0.338 e. The molecule has 0 fully saturated rings. The average molecular weight is 376 g/mol. The topological polar surface area (TPSA) is 99.1 Å². The molecule has 1 heterocycles. The molecule has 0 amide bonds. The number of hydrogen-bond donors (Lipinski definition) is 1. The normalized spacial score (nSPS) is 13.8. The van der Waals surface area contributed by atoms with Crippen LogP contribution in [0.25, 0.3) is 0 Å². The van der Waals surface area contributed by atoms with Gasteiger partial charge in [0.1, 0.15) is 11.5 Å². The number of rotatable bonds is 4. The maximum atomic E-state index is 13.1. The van der Waals surface area contributed by atoms with E-state index in [9.17, 15) is 19.0 Å². The highest BCUT2D eigenvalue weighted by Crippen LogP contribution is 2.49. The predicted octanol–water partition coefficient (Wildman–Crippen LogP) is 2.37. The van der Waals surface area contributed by atoms with Crippen LogP contribution in [0.3, 0.4) is 0 Å². The van der Waals surface area contributed by atoms with Gasteiger partial charge in [-0.25, -0.2) is 9.59 Å². The van der Waals surface area contributed by atoms with Crippen LogP contribution in [0.15, 0.2) is 36.4 Å². The summed E-state index contributed by atoms with van der Waals surface area (Å²) < 4.78 is 28.6. The Kier molecular flexibility index (Phi) is 4.85. The summed E-state index contributed by atoms with van der Waals surface area (Å²) in [6.07, 6.45) is 0. The molecule has 0 bridgehead atoms. The molecule has 0 radical (unpaired) electrons. The summed E-state index contributed by atoms with van der Waals surface area (Å²) in [5, 5.41) is -0.0341. The lowest BCUT2D eigenvalue weighted by Crippen LogP contribution is -2.26. The molecule has 0 unspecified atom stereocenters. The first kappa shape index (κ1) is 18.2. The molecule has 8 heteroatoms. The molecule has 0 aromatic heterocycles. The second kappa shape index (κ2) is 6.94. The first-order valence-electron chi connectivity index (χ1n) is 8.02. The summed E-state index contributed by atoms with van der Waals surface area (Å²) >= 11 is 0. The van der Waals surface area contributed by atoms with Crippen molar-refractivity contribution < 1.29 is 33.3 Å². The highest BCUT2D eigenvalue weighted by atomic mass is 31.2. The monoisotopic (exact) mass is 376 g/mol. The van der Waals surface area contributed by atoms with Crippen molar-refractivity contribution in [3.05, 3.63) is 47.5 Å². The number of carbonyl (C=O) groups excluding carboxylic acids is 2. The van der Waals surface area contributed by atoms with Gasteiger partial charge < -0.3 is 19.1 Å². The van der Waals surface area contributed by atoms with Crippen molar-refractivity contribution in [2.75, 3.05) is 13.2 Å². The molecule has 0 saturated carbocycles. The lowest BCUT2D eigenvalue weighted by molar-refractivity contribution is 0.0517. The van der Waals surface area contributed by atoms with Gasteiger partial charge in [-0.15, -0.1) is 0 Å². The fourth-order valence-corrected chi connectivity index (χ4v) is 4.34. The standard InChI is InChI=1S/C18H17O7P/c1-3-23-17(19)11-5-7-13-15(9-11)26(21,22)16-10-12(18(20)24-4-2)6-8-14(16)25-13/h5-10H,3-4H2,1-2H3,(H,21,22). The number of ether oxygens (including phenoxy) is 3. The van der Waals surface area contributed by atoms with E-state index in [0.29, 0.717) is 0 Å². The molecule has 1 aliphatic heterocycles. The van der Waals surface area contributed by atoms with Gasteiger partial charge in [-0.05, 0) is 50.2 Å². The Hall–Kier alpha value is -2.63. The molecular formula is C18H17O7P. The smallest absolute Gasteiger partial charge is 0.338 e. The zero-order chi connectivity index (χ0) is 18.9. The number of esters is 2. The fraction of sp³-hybridized carbons (Fsp3) is 0.222. The zero-order valence-corrected chi connectivity index (χ0v) is 15.1. The summed E-state index contributed by atoms with van der Waals surface area (Å²) in [5.41, 5.74) is 0.293. The van der Waals surface area contributed by atoms with Gasteiger partial charge in [0.25, 0.3) is 7.37 Å². The van der Waals surface area contributed by atoms with Gasteiger partial charge in [-0.2, -0.15) is 0 Å². The van der Waals surface area contributed by atoms with E-state index < -0.39 is 19.3 Å². The number of benzene rings is 2. The van der Waals surface area contributed by atoms with Gasteiger partial charge in [-0.1, -0.05) is 0 Å². The highest BCUT2D eigenvalue weighted by molar-refractivity contribution is 7.74. The van der Waals surface area contributed by atoms with Crippen LogP contribution >= 0.6 is 7.37 Å². The molecule has 26 heavy (non-hydrogen) atoms. The van der Waals surface area contributed by atoms with Gasteiger partial charge in [0.05, 0.1) is 34.9 Å². The van der Waals surface area contributed by atoms with E-state index in [-0.39, 0.29) is 46.4 Å². The van der Waals surface area contributed by atoms with Gasteiger partial charge >= 0.3 is 11.9 Å². The summed E-state index contributed by atoms with van der Waals surface area (Å²) in [5.74, 6) is -0.830. The minimum atomic E-state index is -4.08. The lowest BCUT2D eigenvalue weighted by atomic mass is 10.2. The van der Waals surface area contributed by atoms with Crippen LogP contribution < -0.4 is 15.3 Å². The van der Waals surface area contributed by atoms with Crippen molar-refractivity contribution >= 4 is 29.9 Å². The van der Waals surface area contributed by atoms with Gasteiger partial charge in [-0.3, -0.25) is 4.57 Å². The van der Waals surface area contributed by atoms with E-state index in [4.69, 9.17) is 14.2 Å². The Labute approximate surface area is 150 Å². The van der Waals surface area contributed by atoms with Crippen LogP contribution in [0.2, 0.25) is 0 Å². The first-order chi connectivity index (χ1) is 12.4. The van der Waals surface area contributed by atoms with Gasteiger partial charge in [0.2, 0.25) is 0 Å². The first-order valence-corrected chi connectivity index (χ1v) is 9.68. The Morgan fingerprint density at radius 2 is 1.35 bits per heavy atom. The molecule has 2 aromatic carbocycles. The molecule has 0 atom stereocenters. The summed E-state index contributed by atoms with van der Waals surface area (Å²) in [6.45, 7) is 3.72. The third kappa shape index (κ3) is 3.11. The average Bonchev–Trinajstić information content (AvgIpc) is 2.62. The van der Waals surface area contributed by atoms with Crippen LogP contribution in [-0.4, -0.2) is 30.0 Å². The fourth-order valence-electron chi connectivity index (χ4n) is 2.61. The second-order valence-corrected chi connectivity index (χ2v) is 7.60. The van der Waals surface area contributed by atoms with Crippen molar-refractivity contribution in [1.82, 2.24) is 0 Å². The number of carbonyl (C=O) groups is 2. The van der Waals surface area contributed by atoms with E-state index >= 15 is 0 Å². The Morgan fingerprint density at radius 1 is 0.923 bits per heavy atom. The van der Waals surface area contributed by atoms with Crippen molar-refractivity contribution in [1.29, 1.82) is 0 Å². The van der Waals surface area contributed by atoms with Crippen LogP contribution in [0, 0.1) is 0 Å². The van der Waals surface area contributed by atoms with Gasteiger partial charge in [0.15, 0.2) is 0 Å². The third-order valence-corrected chi connectivity index (χ3v) is 5.82. The minimum Gasteiger partial charge on any atom is -0.462 e. The molecule has 7 nitrogen and oxygen atoms in total. The van der Waals surface area contributed by atoms with Crippen LogP contribution in [-0.2, 0) is 14.0 Å². The number of fused-ring (bicyclic) bond motifs is 2. The molecule has 2 aromatic rings. The van der Waals surface area contributed by atoms with E-state index in [0.717, 1.165) is 0 Å². The molecule has 0 spiro atoms. The molecule has 0 saturated heterocycles. The molecule has 0 aliphatic carbocycles. The quantitative estimate of drug-likeness (QED) is 0.646. The van der Waals surface area contributed by atoms with Crippen molar-refractivity contribution in [2.24, 2.45) is 0 Å². The second-order valence-electron chi connectivity index (χ2n) is 5.48. The van der Waals surface area contributed by atoms with Crippen molar-refractivity contribution in [2.45, 2.75) is 13.8 Å². The maximum absolute atomic E-state index is 13.1. The Balaban J connectivity index is 2.07. The SMILES string of the molecule is CCOC(=O)c1ccc2c(c1)P(=O)(O)c1cc(C(=O)OCC)ccc1O2. The molecular weight excluding hydrogens is 359 g/mol. The third-order valence-electron chi connectivity index (χ3n) is 3.81. The molecule has 3 rings (SSSR count). The van der Waals surface area contributed by atoms with Crippen LogP contribution in [0.4, 0.5) is 0 Å². The van der Waals surface area contributed by atoms with E-state index in [1.807, 2.05) is 0 Å². The largest absolute Gasteiger partial charge is 0.462 e. The van der Waals surface area contributed by atoms with E-state index in [2.05, 4.69) is 0 Å².